The first-order chi connectivity index (χ1) is 15.3. The highest BCUT2D eigenvalue weighted by Crippen LogP contribution is 2.14. The van der Waals surface area contributed by atoms with Crippen LogP contribution in [0.1, 0.15) is 5.56 Å². The molecule has 1 amide bonds. The zero-order valence-electron chi connectivity index (χ0n) is 16.5. The summed E-state index contributed by atoms with van der Waals surface area (Å²) in [5.41, 5.74) is -0.217. The Morgan fingerprint density at radius 2 is 1.69 bits per heavy atom. The second kappa shape index (κ2) is 8.76. The number of anilines is 1. The number of hydrogen-bond donors (Lipinski definition) is 1. The summed E-state index contributed by atoms with van der Waals surface area (Å²) in [5, 5.41) is 3.15. The summed E-state index contributed by atoms with van der Waals surface area (Å²) in [6.45, 7) is -0.470. The van der Waals surface area contributed by atoms with Gasteiger partial charge in [0.15, 0.2) is 11.6 Å². The van der Waals surface area contributed by atoms with Crippen LogP contribution in [0.4, 0.5) is 14.5 Å². The van der Waals surface area contributed by atoms with E-state index in [1.165, 1.54) is 6.07 Å². The number of carbonyl (C=O) groups is 1. The smallest absolute Gasteiger partial charge is 0.324 e. The molecule has 32 heavy (non-hydrogen) atoms. The Labute approximate surface area is 185 Å². The van der Waals surface area contributed by atoms with E-state index >= 15 is 0 Å². The van der Waals surface area contributed by atoms with Gasteiger partial charge < -0.3 is 5.32 Å². The molecule has 9 heteroatoms. The highest BCUT2D eigenvalue weighted by molar-refractivity contribution is 6.30. The number of carbonyl (C=O) groups excluding carboxylic acids is 1. The maximum absolute atomic E-state index is 13.4. The fourth-order valence-corrected chi connectivity index (χ4v) is 3.61. The Balaban J connectivity index is 1.74. The van der Waals surface area contributed by atoms with Gasteiger partial charge in [-0.15, -0.1) is 0 Å². The summed E-state index contributed by atoms with van der Waals surface area (Å²) in [6, 6.07) is 16.1. The van der Waals surface area contributed by atoms with E-state index in [4.69, 9.17) is 11.6 Å². The van der Waals surface area contributed by atoms with Crippen LogP contribution in [0.3, 0.4) is 0 Å². The first kappa shape index (κ1) is 21.5. The molecule has 0 bridgehead atoms. The Morgan fingerprint density at radius 3 is 2.44 bits per heavy atom. The molecule has 6 nitrogen and oxygen atoms in total. The van der Waals surface area contributed by atoms with Crippen molar-refractivity contribution in [2.45, 2.75) is 13.1 Å². The quantitative estimate of drug-likeness (QED) is 0.497. The number of nitrogens with zero attached hydrogens (tertiary/aromatic N) is 2. The molecule has 0 saturated heterocycles. The maximum Gasteiger partial charge on any atom is 0.332 e. The van der Waals surface area contributed by atoms with E-state index in [2.05, 4.69) is 5.32 Å². The highest BCUT2D eigenvalue weighted by atomic mass is 35.5. The molecular weight excluding hydrogens is 440 g/mol. The topological polar surface area (TPSA) is 73.1 Å². The summed E-state index contributed by atoms with van der Waals surface area (Å²) in [4.78, 5) is 38.7. The van der Waals surface area contributed by atoms with Crippen molar-refractivity contribution < 1.29 is 13.6 Å². The van der Waals surface area contributed by atoms with E-state index in [1.54, 1.807) is 48.5 Å². The molecule has 0 fully saturated rings. The van der Waals surface area contributed by atoms with Gasteiger partial charge in [-0.2, -0.15) is 0 Å². The molecule has 1 N–H and O–H groups in total. The molecular formula is C23H16ClF2N3O3. The summed E-state index contributed by atoms with van der Waals surface area (Å²) < 4.78 is 28.7. The van der Waals surface area contributed by atoms with Gasteiger partial charge in [-0.25, -0.2) is 13.6 Å². The number of fused-ring (bicyclic) bond motifs is 1. The fraction of sp³-hybridized carbons (Fsp3) is 0.0870. The zero-order valence-corrected chi connectivity index (χ0v) is 17.3. The molecule has 0 aliphatic rings. The predicted octanol–water partition coefficient (Wildman–Crippen LogP) is 3.78. The van der Waals surface area contributed by atoms with Crippen LogP contribution in [-0.2, 0) is 17.9 Å². The van der Waals surface area contributed by atoms with Gasteiger partial charge in [-0.05, 0) is 42.0 Å². The van der Waals surface area contributed by atoms with Crippen LogP contribution in [0.25, 0.3) is 10.9 Å². The third kappa shape index (κ3) is 4.31. The summed E-state index contributed by atoms with van der Waals surface area (Å²) in [6.07, 6.45) is 0. The van der Waals surface area contributed by atoms with E-state index in [-0.39, 0.29) is 23.1 Å². The van der Waals surface area contributed by atoms with E-state index in [0.29, 0.717) is 10.6 Å². The number of aromatic nitrogens is 2. The van der Waals surface area contributed by atoms with Gasteiger partial charge in [0.05, 0.1) is 17.4 Å². The Bertz CT molecular complexity index is 1460. The third-order valence-electron chi connectivity index (χ3n) is 4.87. The average molecular weight is 456 g/mol. The number of hydrogen-bond acceptors (Lipinski definition) is 3. The van der Waals surface area contributed by atoms with Crippen molar-refractivity contribution in [2.75, 3.05) is 5.32 Å². The molecule has 1 aromatic heterocycles. The molecule has 0 aliphatic heterocycles. The van der Waals surface area contributed by atoms with Crippen molar-refractivity contribution in [1.82, 2.24) is 9.13 Å². The van der Waals surface area contributed by atoms with Crippen molar-refractivity contribution in [1.29, 1.82) is 0 Å². The standard InChI is InChI=1S/C23H16ClF2N3O3/c24-15-5-3-4-14(10-15)12-29-22(31)17-6-1-2-7-20(17)28(23(29)32)13-21(30)27-16-8-9-18(25)19(26)11-16/h1-11H,12-13H2,(H,27,30). The number of rotatable bonds is 5. The minimum absolute atomic E-state index is 0.0339. The van der Waals surface area contributed by atoms with E-state index < -0.39 is 35.3 Å². The number of benzene rings is 3. The van der Waals surface area contributed by atoms with Crippen molar-refractivity contribution in [3.63, 3.8) is 0 Å². The lowest BCUT2D eigenvalue weighted by atomic mass is 10.2. The van der Waals surface area contributed by atoms with Crippen LogP contribution in [-0.4, -0.2) is 15.0 Å². The van der Waals surface area contributed by atoms with Gasteiger partial charge in [0.25, 0.3) is 5.56 Å². The molecule has 4 aromatic rings. The molecule has 0 radical (unpaired) electrons. The Kier molecular flexibility index (Phi) is 5.87. The zero-order chi connectivity index (χ0) is 22.8. The first-order valence-electron chi connectivity index (χ1n) is 9.55. The van der Waals surface area contributed by atoms with Crippen molar-refractivity contribution >= 4 is 34.1 Å². The molecule has 0 spiro atoms. The normalized spacial score (nSPS) is 11.0. The number of para-hydroxylation sites is 1. The van der Waals surface area contributed by atoms with Crippen LogP contribution in [0.15, 0.2) is 76.3 Å². The van der Waals surface area contributed by atoms with Crippen molar-refractivity contribution in [3.8, 4) is 0 Å². The van der Waals surface area contributed by atoms with Gasteiger partial charge in [0.2, 0.25) is 5.91 Å². The fourth-order valence-electron chi connectivity index (χ4n) is 3.40. The largest absolute Gasteiger partial charge is 0.332 e. The SMILES string of the molecule is O=C(Cn1c(=O)n(Cc2cccc(Cl)c2)c(=O)c2ccccc21)Nc1ccc(F)c(F)c1. The lowest BCUT2D eigenvalue weighted by Crippen LogP contribution is -2.42. The molecule has 3 aromatic carbocycles. The lowest BCUT2D eigenvalue weighted by molar-refractivity contribution is -0.116. The van der Waals surface area contributed by atoms with Gasteiger partial charge in [0, 0.05) is 16.8 Å². The van der Waals surface area contributed by atoms with E-state index in [1.807, 2.05) is 0 Å². The summed E-state index contributed by atoms with van der Waals surface area (Å²) >= 11 is 6.01. The second-order valence-corrected chi connectivity index (χ2v) is 7.52. The Hall–Kier alpha value is -3.78. The highest BCUT2D eigenvalue weighted by Gasteiger charge is 2.16. The van der Waals surface area contributed by atoms with Crippen LogP contribution >= 0.6 is 11.6 Å². The van der Waals surface area contributed by atoms with Crippen molar-refractivity contribution in [3.05, 3.63) is 110 Å². The maximum atomic E-state index is 13.4. The molecule has 0 atom stereocenters. The number of halogens is 3. The molecule has 162 valence electrons. The monoisotopic (exact) mass is 455 g/mol. The molecule has 4 rings (SSSR count). The van der Waals surface area contributed by atoms with Crippen LogP contribution in [0, 0.1) is 11.6 Å². The second-order valence-electron chi connectivity index (χ2n) is 7.08. The van der Waals surface area contributed by atoms with Gasteiger partial charge in [0.1, 0.15) is 6.54 Å². The van der Waals surface area contributed by atoms with Crippen molar-refractivity contribution in [2.24, 2.45) is 0 Å². The number of amides is 1. The minimum Gasteiger partial charge on any atom is -0.324 e. The molecule has 0 unspecified atom stereocenters. The summed E-state index contributed by atoms with van der Waals surface area (Å²) in [7, 11) is 0. The van der Waals surface area contributed by atoms with Crippen LogP contribution < -0.4 is 16.6 Å². The Morgan fingerprint density at radius 1 is 0.906 bits per heavy atom. The molecule has 1 heterocycles. The van der Waals surface area contributed by atoms with Gasteiger partial charge in [-0.1, -0.05) is 35.9 Å². The molecule has 0 saturated carbocycles. The lowest BCUT2D eigenvalue weighted by Gasteiger charge is -2.14. The van der Waals surface area contributed by atoms with Gasteiger partial charge in [-0.3, -0.25) is 18.7 Å². The average Bonchev–Trinajstić information content (AvgIpc) is 2.77. The van der Waals surface area contributed by atoms with Gasteiger partial charge >= 0.3 is 5.69 Å². The predicted molar refractivity (Wildman–Crippen MR) is 118 cm³/mol. The van der Waals surface area contributed by atoms with E-state index in [9.17, 15) is 23.2 Å². The minimum atomic E-state index is -1.11. The van der Waals surface area contributed by atoms with E-state index in [0.717, 1.165) is 21.3 Å². The first-order valence-corrected chi connectivity index (χ1v) is 9.93. The molecule has 0 aliphatic carbocycles. The van der Waals surface area contributed by atoms with Crippen LogP contribution in [0.2, 0.25) is 5.02 Å². The van der Waals surface area contributed by atoms with Crippen LogP contribution in [0.5, 0.6) is 0 Å². The summed E-state index contributed by atoms with van der Waals surface area (Å²) in [5.74, 6) is -2.80. The third-order valence-corrected chi connectivity index (χ3v) is 5.10. The number of nitrogens with one attached hydrogen (secondary N) is 1.